The van der Waals surface area contributed by atoms with Gasteiger partial charge in [-0.2, -0.15) is 0 Å². The number of para-hydroxylation sites is 1. The number of carbonyl (C=O) groups is 3. The smallest absolute Gasteiger partial charge is 0.414 e. The van der Waals surface area contributed by atoms with E-state index in [0.717, 1.165) is 12.1 Å². The number of rotatable bonds is 4. The molecule has 0 spiro atoms. The van der Waals surface area contributed by atoms with Crippen LogP contribution < -0.4 is 14.5 Å². The van der Waals surface area contributed by atoms with Crippen LogP contribution in [0.3, 0.4) is 0 Å². The third-order valence-corrected chi connectivity index (χ3v) is 6.73. The van der Waals surface area contributed by atoms with Crippen LogP contribution in [0.1, 0.15) is 35.2 Å². The second-order valence-corrected chi connectivity index (χ2v) is 8.56. The van der Waals surface area contributed by atoms with Crippen molar-refractivity contribution in [2.75, 3.05) is 43.2 Å². The Morgan fingerprint density at radius 3 is 2.52 bits per heavy atom. The zero-order chi connectivity index (χ0) is 22.9. The summed E-state index contributed by atoms with van der Waals surface area (Å²) in [5, 5.41) is 0. The van der Waals surface area contributed by atoms with E-state index >= 15 is 0 Å². The van der Waals surface area contributed by atoms with E-state index in [4.69, 9.17) is 9.47 Å². The highest BCUT2D eigenvalue weighted by molar-refractivity contribution is 6.04. The normalized spacial score (nSPS) is 18.9. The second-order valence-electron chi connectivity index (χ2n) is 8.56. The van der Waals surface area contributed by atoms with Gasteiger partial charge in [-0.15, -0.1) is 0 Å². The largest absolute Gasteiger partial charge is 0.497 e. The highest BCUT2D eigenvalue weighted by Crippen LogP contribution is 2.34. The van der Waals surface area contributed by atoms with Gasteiger partial charge in [0.25, 0.3) is 5.91 Å². The van der Waals surface area contributed by atoms with Crippen molar-refractivity contribution < 1.29 is 23.9 Å². The number of carbonyl (C=O) groups excluding carboxylic acids is 3. The van der Waals surface area contributed by atoms with Crippen LogP contribution in [-0.4, -0.2) is 62.2 Å². The zero-order valence-electron chi connectivity index (χ0n) is 18.7. The van der Waals surface area contributed by atoms with Crippen LogP contribution in [-0.2, 0) is 16.0 Å². The van der Waals surface area contributed by atoms with Gasteiger partial charge in [0, 0.05) is 37.3 Å². The van der Waals surface area contributed by atoms with E-state index in [0.29, 0.717) is 62.5 Å². The number of cyclic esters (lactones) is 1. The molecule has 8 nitrogen and oxygen atoms in total. The molecule has 3 aliphatic rings. The van der Waals surface area contributed by atoms with Gasteiger partial charge >= 0.3 is 6.09 Å². The summed E-state index contributed by atoms with van der Waals surface area (Å²) in [5.41, 5.74) is 3.16. The van der Waals surface area contributed by atoms with Gasteiger partial charge in [0.2, 0.25) is 5.91 Å². The van der Waals surface area contributed by atoms with Gasteiger partial charge in [-0.3, -0.25) is 14.5 Å². The molecule has 8 heteroatoms. The van der Waals surface area contributed by atoms with Gasteiger partial charge in [-0.05, 0) is 43.0 Å². The van der Waals surface area contributed by atoms with Crippen molar-refractivity contribution in [3.63, 3.8) is 0 Å². The van der Waals surface area contributed by atoms with Crippen LogP contribution in [0.15, 0.2) is 42.5 Å². The fraction of sp³-hybridized carbons (Fsp3) is 0.400. The molecule has 5 rings (SSSR count). The molecular formula is C25H27N3O5. The zero-order valence-corrected chi connectivity index (χ0v) is 18.7. The molecule has 0 radical (unpaired) electrons. The number of hydrogen-bond donors (Lipinski definition) is 0. The van der Waals surface area contributed by atoms with E-state index in [1.807, 2.05) is 28.0 Å². The predicted octanol–water partition coefficient (Wildman–Crippen LogP) is 3.24. The van der Waals surface area contributed by atoms with Crippen molar-refractivity contribution in [1.29, 1.82) is 0 Å². The van der Waals surface area contributed by atoms with Crippen molar-refractivity contribution in [2.24, 2.45) is 0 Å². The highest BCUT2D eigenvalue weighted by Gasteiger charge is 2.35. The van der Waals surface area contributed by atoms with Gasteiger partial charge in [0.1, 0.15) is 12.4 Å². The lowest BCUT2D eigenvalue weighted by atomic mass is 9.95. The first kappa shape index (κ1) is 21.3. The maximum absolute atomic E-state index is 13.5. The number of ether oxygens (including phenoxy) is 2. The molecule has 2 aromatic carbocycles. The van der Waals surface area contributed by atoms with Crippen LogP contribution in [0.4, 0.5) is 16.2 Å². The third-order valence-electron chi connectivity index (χ3n) is 6.73. The monoisotopic (exact) mass is 449 g/mol. The maximum atomic E-state index is 13.5. The molecule has 0 aromatic heterocycles. The van der Waals surface area contributed by atoms with E-state index in [9.17, 15) is 14.4 Å². The first-order valence-electron chi connectivity index (χ1n) is 11.4. The van der Waals surface area contributed by atoms with E-state index in [1.165, 1.54) is 10.5 Å². The quantitative estimate of drug-likeness (QED) is 0.716. The highest BCUT2D eigenvalue weighted by atomic mass is 16.6. The molecule has 0 bridgehead atoms. The summed E-state index contributed by atoms with van der Waals surface area (Å²) >= 11 is 0. The fourth-order valence-corrected chi connectivity index (χ4v) is 5.01. The number of piperidine rings is 1. The molecule has 0 saturated carbocycles. The average molecular weight is 450 g/mol. The summed E-state index contributed by atoms with van der Waals surface area (Å²) in [5.74, 6) is 0.599. The summed E-state index contributed by atoms with van der Waals surface area (Å²) in [6.07, 6.45) is 2.27. The number of aryl methyl sites for hydroxylation is 1. The third kappa shape index (κ3) is 3.90. The van der Waals surface area contributed by atoms with Crippen molar-refractivity contribution in [3.05, 3.63) is 53.6 Å². The Morgan fingerprint density at radius 2 is 1.79 bits per heavy atom. The average Bonchev–Trinajstić information content (AvgIpc) is 3.29. The van der Waals surface area contributed by atoms with Gasteiger partial charge in [0.15, 0.2) is 0 Å². The number of amides is 3. The number of methoxy groups -OCH3 is 1. The lowest BCUT2D eigenvalue weighted by Crippen LogP contribution is -2.50. The van der Waals surface area contributed by atoms with Crippen molar-refractivity contribution >= 4 is 29.3 Å². The fourth-order valence-electron chi connectivity index (χ4n) is 5.01. The molecule has 2 saturated heterocycles. The molecule has 0 aliphatic carbocycles. The molecule has 0 unspecified atom stereocenters. The Morgan fingerprint density at radius 1 is 1.00 bits per heavy atom. The van der Waals surface area contributed by atoms with Gasteiger partial charge in [-0.25, -0.2) is 4.79 Å². The Hall–Kier alpha value is -3.55. The summed E-state index contributed by atoms with van der Waals surface area (Å²) in [6.45, 7) is 1.78. The van der Waals surface area contributed by atoms with Crippen LogP contribution in [0.25, 0.3) is 0 Å². The Labute approximate surface area is 192 Å². The van der Waals surface area contributed by atoms with E-state index in [2.05, 4.69) is 6.07 Å². The van der Waals surface area contributed by atoms with Gasteiger partial charge in [0.05, 0.1) is 24.9 Å². The molecule has 2 aromatic rings. The summed E-state index contributed by atoms with van der Waals surface area (Å²) in [7, 11) is 1.55. The lowest BCUT2D eigenvalue weighted by Gasteiger charge is -2.41. The number of likely N-dealkylation sites (tertiary alicyclic amines) is 1. The number of fused-ring (bicyclic) bond motifs is 1. The minimum atomic E-state index is -0.460. The van der Waals surface area contributed by atoms with Crippen LogP contribution in [0.5, 0.6) is 5.75 Å². The number of anilines is 2. The SMILES string of the molecule is COc1ccc(C(=O)N2CCC(N3C(=O)CCc4ccccc43)CC2)c(N2CCOC2=O)c1. The molecule has 3 aliphatic heterocycles. The van der Waals surface area contributed by atoms with Crippen molar-refractivity contribution in [1.82, 2.24) is 4.90 Å². The Bertz CT molecular complexity index is 1090. The van der Waals surface area contributed by atoms with Gasteiger partial charge < -0.3 is 19.3 Å². The standard InChI is InChI=1S/C25H27N3O5/c1-32-19-7-8-20(22(16-19)27-14-15-33-25(27)31)24(30)26-12-10-18(11-13-26)28-21-5-3-2-4-17(21)6-9-23(28)29/h2-5,7-8,16,18H,6,9-15H2,1H3. The number of benzene rings is 2. The van der Waals surface area contributed by atoms with Gasteiger partial charge in [-0.1, -0.05) is 18.2 Å². The molecular weight excluding hydrogens is 422 g/mol. The minimum absolute atomic E-state index is 0.0758. The lowest BCUT2D eigenvalue weighted by molar-refractivity contribution is -0.119. The number of nitrogens with zero attached hydrogens (tertiary/aromatic N) is 3. The van der Waals surface area contributed by atoms with Crippen LogP contribution >= 0.6 is 0 Å². The second kappa shape index (κ2) is 8.77. The summed E-state index contributed by atoms with van der Waals surface area (Å²) < 4.78 is 10.4. The van der Waals surface area contributed by atoms with Crippen LogP contribution in [0.2, 0.25) is 0 Å². The summed E-state index contributed by atoms with van der Waals surface area (Å²) in [6, 6.07) is 13.3. The van der Waals surface area contributed by atoms with E-state index < -0.39 is 6.09 Å². The molecule has 33 heavy (non-hydrogen) atoms. The topological polar surface area (TPSA) is 79.4 Å². The minimum Gasteiger partial charge on any atom is -0.497 e. The Kier molecular flexibility index (Phi) is 5.66. The molecule has 172 valence electrons. The van der Waals surface area contributed by atoms with E-state index in [1.54, 1.807) is 25.3 Å². The van der Waals surface area contributed by atoms with Crippen molar-refractivity contribution in [3.8, 4) is 5.75 Å². The first-order valence-corrected chi connectivity index (χ1v) is 11.4. The van der Waals surface area contributed by atoms with Crippen LogP contribution in [0, 0.1) is 0 Å². The predicted molar refractivity (Wildman–Crippen MR) is 123 cm³/mol. The molecule has 3 heterocycles. The number of hydrogen-bond acceptors (Lipinski definition) is 5. The molecule has 3 amide bonds. The Balaban J connectivity index is 1.34. The molecule has 2 fully saturated rings. The van der Waals surface area contributed by atoms with E-state index in [-0.39, 0.29) is 17.9 Å². The maximum Gasteiger partial charge on any atom is 0.414 e. The summed E-state index contributed by atoms with van der Waals surface area (Å²) in [4.78, 5) is 43.6. The first-order chi connectivity index (χ1) is 16.1. The van der Waals surface area contributed by atoms with Crippen molar-refractivity contribution in [2.45, 2.75) is 31.7 Å². The molecule has 0 atom stereocenters. The molecule has 0 N–H and O–H groups in total.